The van der Waals surface area contributed by atoms with Gasteiger partial charge in [0.15, 0.2) is 0 Å². The fraction of sp³-hybridized carbons (Fsp3) is 0.294. The van der Waals surface area contributed by atoms with Gasteiger partial charge in [0.25, 0.3) is 0 Å². The zero-order valence-corrected chi connectivity index (χ0v) is 13.3. The molecule has 110 valence electrons. The maximum Gasteiger partial charge on any atom is 0.137 e. The Kier molecular flexibility index (Phi) is 4.53. The first kappa shape index (κ1) is 14.9. The average Bonchev–Trinajstić information content (AvgIpc) is 2.49. The minimum Gasteiger partial charge on any atom is -0.303 e. The summed E-state index contributed by atoms with van der Waals surface area (Å²) in [5.41, 5.74) is 2.27. The Morgan fingerprint density at radius 2 is 2.00 bits per heavy atom. The van der Waals surface area contributed by atoms with Crippen LogP contribution in [0.1, 0.15) is 36.6 Å². The van der Waals surface area contributed by atoms with E-state index in [4.69, 9.17) is 11.6 Å². The molecule has 3 rings (SSSR count). The summed E-state index contributed by atoms with van der Waals surface area (Å²) in [7, 11) is 0. The van der Waals surface area contributed by atoms with Gasteiger partial charge >= 0.3 is 0 Å². The summed E-state index contributed by atoms with van der Waals surface area (Å²) in [6.07, 6.45) is 1.01. The van der Waals surface area contributed by atoms with Crippen LogP contribution in [-0.4, -0.2) is 5.75 Å². The molecular formula is C17H17ClFNS. The van der Waals surface area contributed by atoms with Gasteiger partial charge in [0.1, 0.15) is 5.82 Å². The van der Waals surface area contributed by atoms with Gasteiger partial charge in [-0.05, 0) is 48.4 Å². The third-order valence-corrected chi connectivity index (χ3v) is 5.26. The quantitative estimate of drug-likeness (QED) is 0.816. The summed E-state index contributed by atoms with van der Waals surface area (Å²) < 4.78 is 13.9. The van der Waals surface area contributed by atoms with E-state index < -0.39 is 0 Å². The van der Waals surface area contributed by atoms with Crippen molar-refractivity contribution in [1.29, 1.82) is 0 Å². The monoisotopic (exact) mass is 321 g/mol. The number of benzene rings is 2. The van der Waals surface area contributed by atoms with Crippen molar-refractivity contribution in [2.75, 3.05) is 5.75 Å². The molecule has 2 aromatic carbocycles. The molecule has 0 aromatic heterocycles. The summed E-state index contributed by atoms with van der Waals surface area (Å²) in [5, 5.41) is 4.36. The highest BCUT2D eigenvalue weighted by Crippen LogP contribution is 2.38. The maximum atomic E-state index is 13.9. The SMILES string of the molecule is C[C@@H](NC1CCSc2c(F)cccc21)c1ccc(Cl)cc1. The predicted octanol–water partition coefficient (Wildman–Crippen LogP) is 5.37. The van der Waals surface area contributed by atoms with Crippen LogP contribution < -0.4 is 5.32 Å². The van der Waals surface area contributed by atoms with Gasteiger partial charge in [0.2, 0.25) is 0 Å². The number of halogens is 2. The van der Waals surface area contributed by atoms with Crippen molar-refractivity contribution in [1.82, 2.24) is 5.32 Å². The molecule has 1 aliphatic heterocycles. The molecule has 2 aromatic rings. The number of thioether (sulfide) groups is 1. The van der Waals surface area contributed by atoms with E-state index in [9.17, 15) is 4.39 Å². The zero-order valence-electron chi connectivity index (χ0n) is 11.8. The van der Waals surface area contributed by atoms with Gasteiger partial charge in [-0.3, -0.25) is 0 Å². The maximum absolute atomic E-state index is 13.9. The predicted molar refractivity (Wildman–Crippen MR) is 87.5 cm³/mol. The Balaban J connectivity index is 1.80. The Labute approximate surface area is 133 Å². The molecule has 0 bridgehead atoms. The number of fused-ring (bicyclic) bond motifs is 1. The summed E-state index contributed by atoms with van der Waals surface area (Å²) in [6, 6.07) is 13.6. The molecule has 0 spiro atoms. The van der Waals surface area contributed by atoms with Crippen molar-refractivity contribution >= 4 is 23.4 Å². The van der Waals surface area contributed by atoms with Crippen LogP contribution in [0.5, 0.6) is 0 Å². The molecule has 2 atom stereocenters. The third-order valence-electron chi connectivity index (χ3n) is 3.85. The van der Waals surface area contributed by atoms with Crippen LogP contribution in [0.25, 0.3) is 0 Å². The minimum atomic E-state index is -0.108. The molecule has 1 unspecified atom stereocenters. The van der Waals surface area contributed by atoms with Crippen LogP contribution in [0.2, 0.25) is 5.02 Å². The van der Waals surface area contributed by atoms with E-state index in [1.54, 1.807) is 17.8 Å². The lowest BCUT2D eigenvalue weighted by molar-refractivity contribution is 0.444. The lowest BCUT2D eigenvalue weighted by Gasteiger charge is -2.29. The molecule has 0 amide bonds. The zero-order chi connectivity index (χ0) is 14.8. The van der Waals surface area contributed by atoms with Crippen molar-refractivity contribution in [2.45, 2.75) is 30.3 Å². The Hall–Kier alpha value is -1.03. The van der Waals surface area contributed by atoms with E-state index in [0.29, 0.717) is 0 Å². The second-order valence-electron chi connectivity index (χ2n) is 5.29. The van der Waals surface area contributed by atoms with E-state index in [-0.39, 0.29) is 17.9 Å². The smallest absolute Gasteiger partial charge is 0.137 e. The topological polar surface area (TPSA) is 12.0 Å². The van der Waals surface area contributed by atoms with Crippen molar-refractivity contribution in [3.05, 3.63) is 64.4 Å². The van der Waals surface area contributed by atoms with Gasteiger partial charge in [-0.15, -0.1) is 11.8 Å². The molecule has 0 radical (unpaired) electrons. The molecule has 1 N–H and O–H groups in total. The first-order valence-electron chi connectivity index (χ1n) is 7.08. The number of nitrogens with one attached hydrogen (secondary N) is 1. The fourth-order valence-corrected chi connectivity index (χ4v) is 3.98. The Morgan fingerprint density at radius 3 is 2.76 bits per heavy atom. The van der Waals surface area contributed by atoms with Gasteiger partial charge in [-0.1, -0.05) is 35.9 Å². The second-order valence-corrected chi connectivity index (χ2v) is 6.83. The van der Waals surface area contributed by atoms with Crippen LogP contribution in [0.4, 0.5) is 4.39 Å². The van der Waals surface area contributed by atoms with Crippen molar-refractivity contribution < 1.29 is 4.39 Å². The van der Waals surface area contributed by atoms with Crippen LogP contribution in [0, 0.1) is 5.82 Å². The molecule has 0 saturated heterocycles. The summed E-state index contributed by atoms with van der Waals surface area (Å²) in [6.45, 7) is 2.13. The number of hydrogen-bond acceptors (Lipinski definition) is 2. The summed E-state index contributed by atoms with van der Waals surface area (Å²) in [4.78, 5) is 0.796. The molecule has 1 heterocycles. The highest BCUT2D eigenvalue weighted by molar-refractivity contribution is 7.99. The Morgan fingerprint density at radius 1 is 1.24 bits per heavy atom. The standard InChI is InChI=1S/C17H17ClFNS/c1-11(12-5-7-13(18)8-6-12)20-16-9-10-21-17-14(16)3-2-4-15(17)19/h2-8,11,16,20H,9-10H2,1H3/t11-,16?/m1/s1. The van der Waals surface area contributed by atoms with E-state index in [0.717, 1.165) is 27.7 Å². The Bertz CT molecular complexity index is 629. The molecule has 1 aliphatic rings. The number of rotatable bonds is 3. The normalized spacial score (nSPS) is 19.1. The van der Waals surface area contributed by atoms with E-state index in [1.807, 2.05) is 30.3 Å². The van der Waals surface area contributed by atoms with Crippen LogP contribution in [-0.2, 0) is 0 Å². The van der Waals surface area contributed by atoms with Gasteiger partial charge in [0, 0.05) is 22.0 Å². The molecule has 0 saturated carbocycles. The van der Waals surface area contributed by atoms with Crippen molar-refractivity contribution in [3.63, 3.8) is 0 Å². The largest absolute Gasteiger partial charge is 0.303 e. The molecule has 21 heavy (non-hydrogen) atoms. The third kappa shape index (κ3) is 3.25. The van der Waals surface area contributed by atoms with Crippen LogP contribution >= 0.6 is 23.4 Å². The van der Waals surface area contributed by atoms with Gasteiger partial charge in [-0.2, -0.15) is 0 Å². The highest BCUT2D eigenvalue weighted by atomic mass is 35.5. The van der Waals surface area contributed by atoms with Crippen LogP contribution in [0.3, 0.4) is 0 Å². The molecular weight excluding hydrogens is 305 g/mol. The summed E-state index contributed by atoms with van der Waals surface area (Å²) in [5.74, 6) is 0.835. The van der Waals surface area contributed by atoms with E-state index in [2.05, 4.69) is 12.2 Å². The lowest BCUT2D eigenvalue weighted by atomic mass is 10.0. The lowest BCUT2D eigenvalue weighted by Crippen LogP contribution is -2.27. The van der Waals surface area contributed by atoms with Gasteiger partial charge in [0.05, 0.1) is 0 Å². The molecule has 0 aliphatic carbocycles. The summed E-state index contributed by atoms with van der Waals surface area (Å²) >= 11 is 7.54. The van der Waals surface area contributed by atoms with Crippen molar-refractivity contribution in [2.24, 2.45) is 0 Å². The first-order valence-corrected chi connectivity index (χ1v) is 8.44. The van der Waals surface area contributed by atoms with Crippen molar-refractivity contribution in [3.8, 4) is 0 Å². The van der Waals surface area contributed by atoms with Gasteiger partial charge < -0.3 is 5.32 Å². The van der Waals surface area contributed by atoms with Gasteiger partial charge in [-0.25, -0.2) is 4.39 Å². The first-order chi connectivity index (χ1) is 10.1. The molecule has 4 heteroatoms. The average molecular weight is 322 g/mol. The van der Waals surface area contributed by atoms with E-state index in [1.165, 1.54) is 11.6 Å². The van der Waals surface area contributed by atoms with Crippen LogP contribution in [0.15, 0.2) is 47.4 Å². The molecule has 0 fully saturated rings. The molecule has 1 nitrogen and oxygen atoms in total. The fourth-order valence-electron chi connectivity index (χ4n) is 2.71. The number of hydrogen-bond donors (Lipinski definition) is 1. The second kappa shape index (κ2) is 6.39. The minimum absolute atomic E-state index is 0.108. The van der Waals surface area contributed by atoms with E-state index >= 15 is 0 Å². The highest BCUT2D eigenvalue weighted by Gasteiger charge is 2.24.